The summed E-state index contributed by atoms with van der Waals surface area (Å²) in [5.74, 6) is 3.13. The van der Waals surface area contributed by atoms with E-state index < -0.39 is 0 Å². The molecule has 5 heteroatoms. The van der Waals surface area contributed by atoms with Gasteiger partial charge in [-0.2, -0.15) is 0 Å². The van der Waals surface area contributed by atoms with Crippen LogP contribution >= 0.6 is 0 Å². The lowest BCUT2D eigenvalue weighted by Crippen LogP contribution is -2.01. The van der Waals surface area contributed by atoms with E-state index in [1.54, 1.807) is 26.5 Å². The molecule has 0 fully saturated rings. The number of nitrogens with zero attached hydrogens (tertiary/aromatic N) is 2. The van der Waals surface area contributed by atoms with Crippen molar-refractivity contribution in [3.05, 3.63) is 72.6 Å². The number of aryl methyl sites for hydroxylation is 1. The molecule has 0 bridgehead atoms. The van der Waals surface area contributed by atoms with Crippen molar-refractivity contribution in [1.82, 2.24) is 9.55 Å². The number of aromatic nitrogens is 2. The van der Waals surface area contributed by atoms with Gasteiger partial charge in [0.15, 0.2) is 0 Å². The van der Waals surface area contributed by atoms with Crippen LogP contribution in [-0.4, -0.2) is 30.4 Å². The minimum atomic E-state index is 0.492. The van der Waals surface area contributed by atoms with E-state index in [2.05, 4.69) is 29.1 Å². The summed E-state index contributed by atoms with van der Waals surface area (Å²) in [6.45, 7) is 7.06. The number of hydrogen-bond acceptors (Lipinski definition) is 4. The normalized spacial score (nSPS) is 10.9. The van der Waals surface area contributed by atoms with Crippen LogP contribution in [0, 0.1) is 0 Å². The Bertz CT molecular complexity index is 988. The molecule has 0 N–H and O–H groups in total. The maximum atomic E-state index is 5.67. The van der Waals surface area contributed by atoms with Crippen LogP contribution in [-0.2, 0) is 6.54 Å². The van der Waals surface area contributed by atoms with E-state index in [9.17, 15) is 0 Å². The zero-order valence-corrected chi connectivity index (χ0v) is 17.1. The Morgan fingerprint density at radius 3 is 2.48 bits per heavy atom. The van der Waals surface area contributed by atoms with Crippen molar-refractivity contribution in [2.75, 3.05) is 20.8 Å². The summed E-state index contributed by atoms with van der Waals surface area (Å²) in [6, 6.07) is 11.8. The predicted octanol–water partition coefficient (Wildman–Crippen LogP) is 5.32. The third-order valence-electron chi connectivity index (χ3n) is 4.54. The van der Waals surface area contributed by atoms with E-state index >= 15 is 0 Å². The molecule has 0 saturated heterocycles. The molecule has 150 valence electrons. The molecule has 1 aromatic heterocycles. The standard InChI is InChI=1S/C24H26N2O3/c1-5-15-29-20-11-8-18(9-12-20)7-10-19-16-21(27-3)17-22(28-4)23(19)24-25-13-14-26(24)6-2/h5,7-14,16-17H,1,6,15H2,2-4H3. The van der Waals surface area contributed by atoms with Gasteiger partial charge in [0.05, 0.1) is 19.8 Å². The molecule has 0 spiro atoms. The van der Waals surface area contributed by atoms with Crippen molar-refractivity contribution in [2.45, 2.75) is 13.5 Å². The summed E-state index contributed by atoms with van der Waals surface area (Å²) in [4.78, 5) is 4.56. The van der Waals surface area contributed by atoms with Crippen LogP contribution in [0.5, 0.6) is 17.2 Å². The maximum absolute atomic E-state index is 5.67. The molecule has 0 aliphatic heterocycles. The summed E-state index contributed by atoms with van der Waals surface area (Å²) in [7, 11) is 3.31. The van der Waals surface area contributed by atoms with Gasteiger partial charge in [-0.3, -0.25) is 0 Å². The first-order valence-electron chi connectivity index (χ1n) is 9.49. The largest absolute Gasteiger partial charge is 0.497 e. The van der Waals surface area contributed by atoms with Crippen molar-refractivity contribution in [1.29, 1.82) is 0 Å². The fourth-order valence-electron chi connectivity index (χ4n) is 3.07. The second-order valence-electron chi connectivity index (χ2n) is 6.33. The second kappa shape index (κ2) is 9.64. The second-order valence-corrected chi connectivity index (χ2v) is 6.33. The molecule has 0 aliphatic rings. The molecule has 0 atom stereocenters. The van der Waals surface area contributed by atoms with Crippen molar-refractivity contribution in [2.24, 2.45) is 0 Å². The molecule has 0 aliphatic carbocycles. The van der Waals surface area contributed by atoms with Crippen LogP contribution in [0.25, 0.3) is 23.5 Å². The first kappa shape index (κ1) is 20.3. The highest BCUT2D eigenvalue weighted by Crippen LogP contribution is 2.37. The summed E-state index contributed by atoms with van der Waals surface area (Å²) >= 11 is 0. The number of benzene rings is 2. The summed E-state index contributed by atoms with van der Waals surface area (Å²) < 4.78 is 18.8. The van der Waals surface area contributed by atoms with E-state index in [0.29, 0.717) is 6.61 Å². The Kier molecular flexibility index (Phi) is 6.74. The lowest BCUT2D eigenvalue weighted by molar-refractivity contribution is 0.363. The average Bonchev–Trinajstić information content (AvgIpc) is 3.24. The van der Waals surface area contributed by atoms with Gasteiger partial charge in [-0.25, -0.2) is 4.98 Å². The zero-order chi connectivity index (χ0) is 20.6. The Hall–Kier alpha value is -3.47. The SMILES string of the molecule is C=CCOc1ccc(C=Cc2cc(OC)cc(OC)c2-c2nccn2CC)cc1. The molecule has 1 heterocycles. The molecule has 3 aromatic rings. The molecule has 3 rings (SSSR count). The van der Waals surface area contributed by atoms with Crippen molar-refractivity contribution < 1.29 is 14.2 Å². The molecular weight excluding hydrogens is 364 g/mol. The third-order valence-corrected chi connectivity index (χ3v) is 4.54. The van der Waals surface area contributed by atoms with E-state index in [4.69, 9.17) is 14.2 Å². The smallest absolute Gasteiger partial charge is 0.144 e. The van der Waals surface area contributed by atoms with E-state index in [1.165, 1.54) is 0 Å². The van der Waals surface area contributed by atoms with Gasteiger partial charge >= 0.3 is 0 Å². The Morgan fingerprint density at radius 2 is 1.83 bits per heavy atom. The van der Waals surface area contributed by atoms with Crippen LogP contribution in [0.2, 0.25) is 0 Å². The van der Waals surface area contributed by atoms with Gasteiger partial charge in [0.25, 0.3) is 0 Å². The Balaban J connectivity index is 2.01. The Labute approximate surface area is 171 Å². The van der Waals surface area contributed by atoms with Crippen LogP contribution in [0.4, 0.5) is 0 Å². The number of rotatable bonds is 9. The first-order chi connectivity index (χ1) is 14.2. The highest BCUT2D eigenvalue weighted by atomic mass is 16.5. The third kappa shape index (κ3) is 4.69. The Morgan fingerprint density at radius 1 is 1.03 bits per heavy atom. The quantitative estimate of drug-likeness (QED) is 0.366. The number of ether oxygens (including phenoxy) is 3. The molecular formula is C24H26N2O3. The van der Waals surface area contributed by atoms with E-state index in [0.717, 1.165) is 46.3 Å². The van der Waals surface area contributed by atoms with Crippen LogP contribution < -0.4 is 14.2 Å². The van der Waals surface area contributed by atoms with E-state index in [-0.39, 0.29) is 0 Å². The van der Waals surface area contributed by atoms with Crippen molar-refractivity contribution in [3.63, 3.8) is 0 Å². The average molecular weight is 390 g/mol. The lowest BCUT2D eigenvalue weighted by atomic mass is 10.0. The number of methoxy groups -OCH3 is 2. The van der Waals surface area contributed by atoms with Crippen LogP contribution in [0.1, 0.15) is 18.1 Å². The van der Waals surface area contributed by atoms with Gasteiger partial charge < -0.3 is 18.8 Å². The van der Waals surface area contributed by atoms with Crippen LogP contribution in [0.15, 0.2) is 61.4 Å². The summed E-state index contributed by atoms with van der Waals surface area (Å²) in [6.07, 6.45) is 9.60. The molecule has 29 heavy (non-hydrogen) atoms. The van der Waals surface area contributed by atoms with Crippen molar-refractivity contribution in [3.8, 4) is 28.6 Å². The zero-order valence-electron chi connectivity index (χ0n) is 17.1. The predicted molar refractivity (Wildman–Crippen MR) is 118 cm³/mol. The monoisotopic (exact) mass is 390 g/mol. The lowest BCUT2D eigenvalue weighted by Gasteiger charge is -2.15. The summed E-state index contributed by atoms with van der Waals surface area (Å²) in [5, 5.41) is 0. The van der Waals surface area contributed by atoms with Gasteiger partial charge in [-0.1, -0.05) is 36.9 Å². The molecule has 5 nitrogen and oxygen atoms in total. The van der Waals surface area contributed by atoms with Crippen molar-refractivity contribution >= 4 is 12.2 Å². The van der Waals surface area contributed by atoms with Gasteiger partial charge in [0, 0.05) is 25.0 Å². The molecule has 2 aromatic carbocycles. The molecule has 0 saturated carbocycles. The van der Waals surface area contributed by atoms with E-state index in [1.807, 2.05) is 48.7 Å². The fraction of sp³-hybridized carbons (Fsp3) is 0.208. The minimum Gasteiger partial charge on any atom is -0.497 e. The molecule has 0 unspecified atom stereocenters. The number of hydrogen-bond donors (Lipinski definition) is 0. The minimum absolute atomic E-state index is 0.492. The topological polar surface area (TPSA) is 45.5 Å². The van der Waals surface area contributed by atoms with Gasteiger partial charge in [-0.05, 0) is 36.2 Å². The molecule has 0 radical (unpaired) electrons. The fourth-order valence-corrected chi connectivity index (χ4v) is 3.07. The highest BCUT2D eigenvalue weighted by Gasteiger charge is 2.17. The summed E-state index contributed by atoms with van der Waals surface area (Å²) in [5.41, 5.74) is 2.96. The first-order valence-corrected chi connectivity index (χ1v) is 9.49. The van der Waals surface area contributed by atoms with Gasteiger partial charge in [0.2, 0.25) is 0 Å². The van der Waals surface area contributed by atoms with Crippen LogP contribution in [0.3, 0.4) is 0 Å². The molecule has 0 amide bonds. The number of imidazole rings is 1. The highest BCUT2D eigenvalue weighted by molar-refractivity contribution is 5.83. The maximum Gasteiger partial charge on any atom is 0.144 e. The van der Waals surface area contributed by atoms with Gasteiger partial charge in [-0.15, -0.1) is 0 Å². The van der Waals surface area contributed by atoms with Gasteiger partial charge in [0.1, 0.15) is 29.7 Å².